The van der Waals surface area contributed by atoms with Gasteiger partial charge in [-0.2, -0.15) is 0 Å². The quantitative estimate of drug-likeness (QED) is 0.804. The Hall–Kier alpha value is -3.00. The van der Waals surface area contributed by atoms with Crippen molar-refractivity contribution in [3.8, 4) is 0 Å². The second-order valence-corrected chi connectivity index (χ2v) is 7.37. The van der Waals surface area contributed by atoms with E-state index in [-0.39, 0.29) is 11.8 Å². The Labute approximate surface area is 170 Å². The van der Waals surface area contributed by atoms with Crippen LogP contribution in [0.15, 0.2) is 42.7 Å². The van der Waals surface area contributed by atoms with Gasteiger partial charge < -0.3 is 15.1 Å². The summed E-state index contributed by atoms with van der Waals surface area (Å²) >= 11 is 0. The third-order valence-electron chi connectivity index (χ3n) is 5.40. The summed E-state index contributed by atoms with van der Waals surface area (Å²) < 4.78 is 0. The zero-order chi connectivity index (χ0) is 20.1. The fourth-order valence-corrected chi connectivity index (χ4v) is 3.76. The topological polar surface area (TPSA) is 81.7 Å². The summed E-state index contributed by atoms with van der Waals surface area (Å²) in [5, 5.41) is 2.95. The molecule has 29 heavy (non-hydrogen) atoms. The molecule has 1 aromatic heterocycles. The average Bonchev–Trinajstić information content (AvgIpc) is 3.20. The molecule has 2 aliphatic rings. The Kier molecular flexibility index (Phi) is 6.00. The standard InChI is InChI=1S/C21H26N6O2/c28-19(24-17-4-6-18(7-5-17)27-11-1-3-20(27)29)8-12-25-13-15-26(16-14-25)21-22-9-2-10-23-21/h2,4-7,9-10H,1,3,8,11-16H2,(H,24,28). The van der Waals surface area contributed by atoms with E-state index in [0.29, 0.717) is 12.8 Å². The van der Waals surface area contributed by atoms with E-state index in [9.17, 15) is 9.59 Å². The molecule has 2 aliphatic heterocycles. The highest BCUT2D eigenvalue weighted by Crippen LogP contribution is 2.23. The zero-order valence-corrected chi connectivity index (χ0v) is 16.5. The van der Waals surface area contributed by atoms with Crippen molar-refractivity contribution < 1.29 is 9.59 Å². The summed E-state index contributed by atoms with van der Waals surface area (Å²) in [7, 11) is 0. The number of carbonyl (C=O) groups excluding carboxylic acids is 2. The highest BCUT2D eigenvalue weighted by molar-refractivity contribution is 5.96. The van der Waals surface area contributed by atoms with Crippen molar-refractivity contribution >= 4 is 29.1 Å². The molecule has 0 aliphatic carbocycles. The van der Waals surface area contributed by atoms with Gasteiger partial charge in [-0.25, -0.2) is 9.97 Å². The number of rotatable bonds is 6. The molecule has 2 amide bonds. The molecule has 2 fully saturated rings. The van der Waals surface area contributed by atoms with Crippen LogP contribution in [0, 0.1) is 0 Å². The minimum atomic E-state index is 0.00354. The van der Waals surface area contributed by atoms with Gasteiger partial charge in [0.05, 0.1) is 0 Å². The van der Waals surface area contributed by atoms with Crippen molar-refractivity contribution in [2.75, 3.05) is 54.4 Å². The maximum Gasteiger partial charge on any atom is 0.227 e. The fourth-order valence-electron chi connectivity index (χ4n) is 3.76. The zero-order valence-electron chi connectivity index (χ0n) is 16.5. The Morgan fingerprint density at radius 1 is 1.00 bits per heavy atom. The van der Waals surface area contributed by atoms with Crippen LogP contribution in [0.2, 0.25) is 0 Å². The number of nitrogens with one attached hydrogen (secondary N) is 1. The first-order valence-corrected chi connectivity index (χ1v) is 10.1. The molecule has 0 saturated carbocycles. The van der Waals surface area contributed by atoms with Crippen LogP contribution in [-0.4, -0.2) is 66.0 Å². The molecule has 8 nitrogen and oxygen atoms in total. The summed E-state index contributed by atoms with van der Waals surface area (Å²) in [6.07, 6.45) is 5.49. The Bertz CT molecular complexity index is 834. The predicted molar refractivity (Wildman–Crippen MR) is 112 cm³/mol. The molecule has 0 radical (unpaired) electrons. The summed E-state index contributed by atoms with van der Waals surface area (Å²) in [5.74, 6) is 0.938. The van der Waals surface area contributed by atoms with Crippen molar-refractivity contribution in [1.82, 2.24) is 14.9 Å². The number of piperazine rings is 1. The van der Waals surface area contributed by atoms with E-state index < -0.39 is 0 Å². The van der Waals surface area contributed by atoms with E-state index in [4.69, 9.17) is 0 Å². The van der Waals surface area contributed by atoms with E-state index >= 15 is 0 Å². The van der Waals surface area contributed by atoms with Crippen molar-refractivity contribution in [3.05, 3.63) is 42.7 Å². The maximum absolute atomic E-state index is 12.3. The molecule has 0 atom stereocenters. The molecule has 3 heterocycles. The molecule has 8 heteroatoms. The van der Waals surface area contributed by atoms with E-state index in [2.05, 4.69) is 25.1 Å². The first-order chi connectivity index (χ1) is 14.2. The van der Waals surface area contributed by atoms with E-state index in [1.807, 2.05) is 30.3 Å². The van der Waals surface area contributed by atoms with Gasteiger partial charge >= 0.3 is 0 Å². The van der Waals surface area contributed by atoms with Gasteiger partial charge in [0, 0.05) is 75.9 Å². The molecule has 0 unspecified atom stereocenters. The van der Waals surface area contributed by atoms with Gasteiger partial charge in [0.2, 0.25) is 17.8 Å². The van der Waals surface area contributed by atoms with E-state index in [1.165, 1.54) is 0 Å². The number of amides is 2. The molecular weight excluding hydrogens is 368 g/mol. The number of anilines is 3. The van der Waals surface area contributed by atoms with Crippen LogP contribution < -0.4 is 15.1 Å². The minimum absolute atomic E-state index is 0.00354. The SMILES string of the molecule is O=C(CCN1CCN(c2ncccn2)CC1)Nc1ccc(N2CCCC2=O)cc1. The average molecular weight is 394 g/mol. The van der Waals surface area contributed by atoms with Crippen molar-refractivity contribution in [2.45, 2.75) is 19.3 Å². The van der Waals surface area contributed by atoms with E-state index in [1.54, 1.807) is 17.3 Å². The predicted octanol–water partition coefficient (Wildman–Crippen LogP) is 1.75. The summed E-state index contributed by atoms with van der Waals surface area (Å²) in [5.41, 5.74) is 1.65. The minimum Gasteiger partial charge on any atom is -0.338 e. The largest absolute Gasteiger partial charge is 0.338 e. The fraction of sp³-hybridized carbons (Fsp3) is 0.429. The molecule has 0 spiro atoms. The lowest BCUT2D eigenvalue weighted by Gasteiger charge is -2.34. The summed E-state index contributed by atoms with van der Waals surface area (Å²) in [4.78, 5) is 39.0. The highest BCUT2D eigenvalue weighted by Gasteiger charge is 2.22. The number of aromatic nitrogens is 2. The Morgan fingerprint density at radius 2 is 1.72 bits per heavy atom. The summed E-state index contributed by atoms with van der Waals surface area (Å²) in [6, 6.07) is 9.32. The molecule has 0 bridgehead atoms. The van der Waals surface area contributed by atoms with Crippen LogP contribution in [0.5, 0.6) is 0 Å². The van der Waals surface area contributed by atoms with Crippen LogP contribution in [0.3, 0.4) is 0 Å². The molecule has 4 rings (SSSR count). The normalized spacial score (nSPS) is 17.6. The Balaban J connectivity index is 1.20. The lowest BCUT2D eigenvalue weighted by molar-refractivity contribution is -0.117. The molecule has 2 aromatic rings. The Morgan fingerprint density at radius 3 is 2.38 bits per heavy atom. The third-order valence-corrected chi connectivity index (χ3v) is 5.40. The molecule has 152 valence electrons. The number of hydrogen-bond donors (Lipinski definition) is 1. The lowest BCUT2D eigenvalue weighted by Crippen LogP contribution is -2.47. The van der Waals surface area contributed by atoms with Gasteiger partial charge in [0.1, 0.15) is 0 Å². The van der Waals surface area contributed by atoms with Gasteiger partial charge in [0.15, 0.2) is 0 Å². The van der Waals surface area contributed by atoms with Gasteiger partial charge in [-0.1, -0.05) is 0 Å². The van der Waals surface area contributed by atoms with Gasteiger partial charge in [-0.3, -0.25) is 14.5 Å². The van der Waals surface area contributed by atoms with Crippen LogP contribution in [0.1, 0.15) is 19.3 Å². The van der Waals surface area contributed by atoms with Crippen LogP contribution in [0.4, 0.5) is 17.3 Å². The smallest absolute Gasteiger partial charge is 0.227 e. The second-order valence-electron chi connectivity index (χ2n) is 7.37. The highest BCUT2D eigenvalue weighted by atomic mass is 16.2. The van der Waals surface area contributed by atoms with Gasteiger partial charge in [0.25, 0.3) is 0 Å². The van der Waals surface area contributed by atoms with Crippen molar-refractivity contribution in [1.29, 1.82) is 0 Å². The number of hydrogen-bond acceptors (Lipinski definition) is 6. The maximum atomic E-state index is 12.3. The van der Waals surface area contributed by atoms with E-state index in [0.717, 1.165) is 63.0 Å². The first kappa shape index (κ1) is 19.3. The van der Waals surface area contributed by atoms with Gasteiger partial charge in [-0.05, 0) is 36.8 Å². The molecule has 1 N–H and O–H groups in total. The molecule has 1 aromatic carbocycles. The van der Waals surface area contributed by atoms with Crippen LogP contribution >= 0.6 is 0 Å². The van der Waals surface area contributed by atoms with Crippen molar-refractivity contribution in [3.63, 3.8) is 0 Å². The first-order valence-electron chi connectivity index (χ1n) is 10.1. The molecule has 2 saturated heterocycles. The van der Waals surface area contributed by atoms with Crippen molar-refractivity contribution in [2.24, 2.45) is 0 Å². The number of nitrogens with zero attached hydrogens (tertiary/aromatic N) is 5. The van der Waals surface area contributed by atoms with Crippen LogP contribution in [-0.2, 0) is 9.59 Å². The monoisotopic (exact) mass is 394 g/mol. The summed E-state index contributed by atoms with van der Waals surface area (Å²) in [6.45, 7) is 5.02. The number of benzene rings is 1. The number of carbonyl (C=O) groups is 2. The van der Waals surface area contributed by atoms with Gasteiger partial charge in [-0.15, -0.1) is 0 Å². The van der Waals surface area contributed by atoms with Crippen LogP contribution in [0.25, 0.3) is 0 Å². The second kappa shape index (κ2) is 9.00. The molecular formula is C21H26N6O2. The third kappa shape index (κ3) is 4.89. The lowest BCUT2D eigenvalue weighted by atomic mass is 10.2.